The van der Waals surface area contributed by atoms with Crippen LogP contribution in [-0.2, 0) is 0 Å². The van der Waals surface area contributed by atoms with Crippen LogP contribution in [0, 0.1) is 0 Å². The van der Waals surface area contributed by atoms with Crippen LogP contribution in [-0.4, -0.2) is 72.4 Å². The number of fused-ring (bicyclic) bond motifs is 1. The van der Waals surface area contributed by atoms with E-state index in [1.165, 1.54) is 5.56 Å². The smallest absolute Gasteiger partial charge is 0.317 e. The van der Waals surface area contributed by atoms with Gasteiger partial charge in [-0.1, -0.05) is 36.4 Å². The zero-order valence-electron chi connectivity index (χ0n) is 19.3. The maximum absolute atomic E-state index is 12.7. The van der Waals surface area contributed by atoms with Crippen molar-refractivity contribution in [3.63, 3.8) is 0 Å². The average Bonchev–Trinajstić information content (AvgIpc) is 2.78. The monoisotopic (exact) mass is 437 g/mol. The fourth-order valence-corrected chi connectivity index (χ4v) is 5.16. The molecule has 2 aliphatic heterocycles. The minimum atomic E-state index is 0.0152. The summed E-state index contributed by atoms with van der Waals surface area (Å²) in [7, 11) is 1.68. The summed E-state index contributed by atoms with van der Waals surface area (Å²) in [5.41, 5.74) is 3.48. The molecule has 3 atom stereocenters. The molecule has 0 aromatic heterocycles. The number of carbonyl (C=O) groups excluding carboxylic acids is 1. The number of nitrogens with one attached hydrogen (secondary N) is 1. The first-order valence-electron chi connectivity index (χ1n) is 11.7. The van der Waals surface area contributed by atoms with Gasteiger partial charge in [-0.2, -0.15) is 0 Å². The van der Waals surface area contributed by atoms with Crippen molar-refractivity contribution in [2.45, 2.75) is 50.7 Å². The van der Waals surface area contributed by atoms with Crippen LogP contribution in [0.4, 0.5) is 4.79 Å². The van der Waals surface area contributed by atoms with Gasteiger partial charge in [-0.25, -0.2) is 4.79 Å². The Morgan fingerprint density at radius 2 is 1.88 bits per heavy atom. The third-order valence-electron chi connectivity index (χ3n) is 6.77. The number of hydrogen-bond acceptors (Lipinski definition) is 4. The van der Waals surface area contributed by atoms with E-state index in [-0.39, 0.29) is 36.7 Å². The average molecular weight is 438 g/mol. The molecule has 0 unspecified atom stereocenters. The summed E-state index contributed by atoms with van der Waals surface area (Å²) in [4.78, 5) is 17.1. The molecular formula is C26H35N3O3. The van der Waals surface area contributed by atoms with Gasteiger partial charge in [-0.15, -0.1) is 0 Å². The number of nitrogens with zero attached hydrogens (tertiary/aromatic N) is 2. The summed E-state index contributed by atoms with van der Waals surface area (Å²) < 4.78 is 5.36. The molecule has 2 aromatic rings. The summed E-state index contributed by atoms with van der Waals surface area (Å²) >= 11 is 0. The molecule has 0 spiro atoms. The Labute approximate surface area is 191 Å². The predicted molar refractivity (Wildman–Crippen MR) is 127 cm³/mol. The number of aliphatic hydroxyl groups is 1. The summed E-state index contributed by atoms with van der Waals surface area (Å²) in [5.74, 6) is 1.06. The SMILES string of the molecule is COc1cccc(-c2ccc([C@H]3[C@@H](CO)N4CCCCN(C(=O)NC(C)C)C[C@H]34)cc2)c1. The highest BCUT2D eigenvalue weighted by molar-refractivity contribution is 5.74. The second-order valence-corrected chi connectivity index (χ2v) is 9.19. The molecule has 2 aromatic carbocycles. The largest absolute Gasteiger partial charge is 0.497 e. The van der Waals surface area contributed by atoms with Crippen LogP contribution in [0.5, 0.6) is 5.75 Å². The molecule has 6 heteroatoms. The molecule has 172 valence electrons. The molecule has 2 fully saturated rings. The van der Waals surface area contributed by atoms with Gasteiger partial charge >= 0.3 is 6.03 Å². The number of benzene rings is 2. The molecule has 32 heavy (non-hydrogen) atoms. The lowest BCUT2D eigenvalue weighted by atomic mass is 9.74. The molecule has 2 aliphatic rings. The summed E-state index contributed by atoms with van der Waals surface area (Å²) in [5, 5.41) is 13.2. The number of rotatable bonds is 5. The van der Waals surface area contributed by atoms with E-state index >= 15 is 0 Å². The van der Waals surface area contributed by atoms with E-state index in [0.717, 1.165) is 42.8 Å². The van der Waals surface area contributed by atoms with E-state index in [4.69, 9.17) is 4.74 Å². The van der Waals surface area contributed by atoms with Crippen molar-refractivity contribution in [1.82, 2.24) is 15.1 Å². The Hall–Kier alpha value is -2.57. The molecule has 0 radical (unpaired) electrons. The number of carbonyl (C=O) groups is 1. The minimum absolute atomic E-state index is 0.0152. The van der Waals surface area contributed by atoms with Crippen molar-refractivity contribution in [3.05, 3.63) is 54.1 Å². The van der Waals surface area contributed by atoms with Crippen LogP contribution in [0.3, 0.4) is 0 Å². The summed E-state index contributed by atoms with van der Waals surface area (Å²) in [6, 6.07) is 17.2. The summed E-state index contributed by atoms with van der Waals surface area (Å²) in [6.07, 6.45) is 2.03. The van der Waals surface area contributed by atoms with Gasteiger partial charge in [0, 0.05) is 37.1 Å². The minimum Gasteiger partial charge on any atom is -0.497 e. The van der Waals surface area contributed by atoms with Crippen LogP contribution >= 0.6 is 0 Å². The zero-order valence-corrected chi connectivity index (χ0v) is 19.3. The van der Waals surface area contributed by atoms with Gasteiger partial charge in [-0.3, -0.25) is 4.90 Å². The topological polar surface area (TPSA) is 65.0 Å². The number of amides is 2. The lowest BCUT2D eigenvalue weighted by Crippen LogP contribution is -2.68. The highest BCUT2D eigenvalue weighted by Crippen LogP contribution is 2.42. The van der Waals surface area contributed by atoms with Crippen molar-refractivity contribution in [1.29, 1.82) is 0 Å². The van der Waals surface area contributed by atoms with Gasteiger partial charge in [0.25, 0.3) is 0 Å². The van der Waals surface area contributed by atoms with Gasteiger partial charge in [0.1, 0.15) is 5.75 Å². The zero-order chi connectivity index (χ0) is 22.7. The van der Waals surface area contributed by atoms with Crippen molar-refractivity contribution >= 4 is 6.03 Å². The Bertz CT molecular complexity index is 915. The Balaban J connectivity index is 1.55. The maximum atomic E-state index is 12.7. The molecule has 0 saturated carbocycles. The lowest BCUT2D eigenvalue weighted by molar-refractivity contribution is -0.0591. The van der Waals surface area contributed by atoms with E-state index in [0.29, 0.717) is 6.54 Å². The number of methoxy groups -OCH3 is 1. The lowest BCUT2D eigenvalue weighted by Gasteiger charge is -2.57. The van der Waals surface area contributed by atoms with Crippen LogP contribution in [0.2, 0.25) is 0 Å². The van der Waals surface area contributed by atoms with Crippen LogP contribution in [0.25, 0.3) is 11.1 Å². The quantitative estimate of drug-likeness (QED) is 0.749. The second kappa shape index (κ2) is 9.92. The first kappa shape index (κ1) is 22.6. The molecular weight excluding hydrogens is 402 g/mol. The van der Waals surface area contributed by atoms with Crippen molar-refractivity contribution < 1.29 is 14.6 Å². The fourth-order valence-electron chi connectivity index (χ4n) is 5.16. The van der Waals surface area contributed by atoms with Crippen LogP contribution in [0.1, 0.15) is 38.2 Å². The standard InChI is InChI=1S/C26H35N3O3/c1-18(2)27-26(31)28-13-4-5-14-29-23(16-28)25(24(29)17-30)20-11-9-19(10-12-20)21-7-6-8-22(15-21)32-3/h6-12,15,18,23-25,30H,4-5,13-14,16-17H2,1-3H3,(H,27,31)/t23-,24-,25-/m1/s1. The third-order valence-corrected chi connectivity index (χ3v) is 6.77. The van der Waals surface area contributed by atoms with E-state index in [2.05, 4.69) is 40.5 Å². The number of urea groups is 1. The number of aliphatic hydroxyl groups excluding tert-OH is 1. The Morgan fingerprint density at radius 3 is 2.56 bits per heavy atom. The van der Waals surface area contributed by atoms with Crippen LogP contribution in [0.15, 0.2) is 48.5 Å². The maximum Gasteiger partial charge on any atom is 0.317 e. The van der Waals surface area contributed by atoms with Crippen LogP contribution < -0.4 is 10.1 Å². The molecule has 2 saturated heterocycles. The van der Waals surface area contributed by atoms with E-state index in [1.807, 2.05) is 36.9 Å². The van der Waals surface area contributed by atoms with Gasteiger partial charge < -0.3 is 20.1 Å². The first-order chi connectivity index (χ1) is 15.5. The number of ether oxygens (including phenoxy) is 1. The molecule has 6 nitrogen and oxygen atoms in total. The second-order valence-electron chi connectivity index (χ2n) is 9.19. The first-order valence-corrected chi connectivity index (χ1v) is 11.7. The van der Waals surface area contributed by atoms with Gasteiger partial charge in [0.05, 0.1) is 13.7 Å². The third kappa shape index (κ3) is 4.62. The Kier molecular flexibility index (Phi) is 7.01. The molecule has 2 heterocycles. The normalized spacial score (nSPS) is 23.7. The van der Waals surface area contributed by atoms with Gasteiger partial charge in [0.15, 0.2) is 0 Å². The molecule has 4 rings (SSSR count). The highest BCUT2D eigenvalue weighted by atomic mass is 16.5. The van der Waals surface area contributed by atoms with E-state index in [9.17, 15) is 9.90 Å². The van der Waals surface area contributed by atoms with E-state index in [1.54, 1.807) is 7.11 Å². The summed E-state index contributed by atoms with van der Waals surface area (Å²) in [6.45, 7) is 6.58. The van der Waals surface area contributed by atoms with Crippen molar-refractivity contribution in [3.8, 4) is 16.9 Å². The highest BCUT2D eigenvalue weighted by Gasteiger charge is 2.49. The fraction of sp³-hybridized carbons (Fsp3) is 0.500. The molecule has 0 aliphatic carbocycles. The Morgan fingerprint density at radius 1 is 1.12 bits per heavy atom. The van der Waals surface area contributed by atoms with Crippen molar-refractivity contribution in [2.24, 2.45) is 0 Å². The molecule has 2 N–H and O–H groups in total. The van der Waals surface area contributed by atoms with Gasteiger partial charge in [0.2, 0.25) is 0 Å². The molecule has 2 amide bonds. The number of hydrogen-bond donors (Lipinski definition) is 2. The van der Waals surface area contributed by atoms with E-state index < -0.39 is 0 Å². The predicted octanol–water partition coefficient (Wildman–Crippen LogP) is 3.70. The van der Waals surface area contributed by atoms with Crippen molar-refractivity contribution in [2.75, 3.05) is 33.4 Å². The van der Waals surface area contributed by atoms with Gasteiger partial charge in [-0.05, 0) is 62.1 Å². The molecule has 0 bridgehead atoms.